The molecule has 1 aliphatic heterocycles. The van der Waals surface area contributed by atoms with E-state index in [0.29, 0.717) is 19.4 Å². The topological polar surface area (TPSA) is 175 Å². The third kappa shape index (κ3) is 40.2. The number of aliphatic hydroxyl groups excluding tert-OH is 5. The minimum Gasteiger partial charge on any atom is -0.466 e. The summed E-state index contributed by atoms with van der Waals surface area (Å²) in [7, 11) is 0. The fraction of sp³-hybridized carbons (Fsp3) is 0.869. The molecule has 0 aromatic carbocycles. The summed E-state index contributed by atoms with van der Waals surface area (Å²) in [4.78, 5) is 25.1. The zero-order chi connectivity index (χ0) is 52.4. The van der Waals surface area contributed by atoms with E-state index in [1.807, 2.05) is 6.08 Å². The van der Waals surface area contributed by atoms with Gasteiger partial charge >= 0.3 is 5.97 Å². The lowest BCUT2D eigenvalue weighted by molar-refractivity contribution is -0.302. The molecule has 72 heavy (non-hydrogen) atoms. The quantitative estimate of drug-likeness (QED) is 0.0195. The highest BCUT2D eigenvalue weighted by Gasteiger charge is 2.44. The first kappa shape index (κ1) is 67.9. The molecule has 1 rings (SSSR count). The molecule has 11 nitrogen and oxygen atoms in total. The van der Waals surface area contributed by atoms with Crippen molar-refractivity contribution < 1.29 is 49.3 Å². The van der Waals surface area contributed by atoms with Gasteiger partial charge in [-0.1, -0.05) is 230 Å². The Balaban J connectivity index is 2.02. The van der Waals surface area contributed by atoms with E-state index in [9.17, 15) is 35.1 Å². The number of unbranched alkanes of at least 4 members (excludes halogenated alkanes) is 34. The summed E-state index contributed by atoms with van der Waals surface area (Å²) in [5.41, 5.74) is 0. The fourth-order valence-corrected chi connectivity index (χ4v) is 9.39. The van der Waals surface area contributed by atoms with Gasteiger partial charge < -0.3 is 45.1 Å². The van der Waals surface area contributed by atoms with Crippen molar-refractivity contribution in [3.63, 3.8) is 0 Å². The number of esters is 1. The number of carbonyl (C=O) groups is 2. The maximum absolute atomic E-state index is 13.0. The number of amides is 1. The number of hydrogen-bond donors (Lipinski definition) is 6. The molecule has 0 radical (unpaired) electrons. The van der Waals surface area contributed by atoms with Gasteiger partial charge in [-0.05, 0) is 70.6 Å². The van der Waals surface area contributed by atoms with Gasteiger partial charge in [-0.15, -0.1) is 0 Å². The lowest BCUT2D eigenvalue weighted by Crippen LogP contribution is -2.60. The molecule has 0 aromatic rings. The van der Waals surface area contributed by atoms with Gasteiger partial charge in [0.05, 0.1) is 32.0 Å². The molecule has 0 bridgehead atoms. The molecule has 1 saturated heterocycles. The average molecular weight is 1020 g/mol. The van der Waals surface area contributed by atoms with Crippen molar-refractivity contribution in [3.8, 4) is 0 Å². The monoisotopic (exact) mass is 1020 g/mol. The zero-order valence-corrected chi connectivity index (χ0v) is 46.4. The van der Waals surface area contributed by atoms with Gasteiger partial charge in [0, 0.05) is 12.8 Å². The van der Waals surface area contributed by atoms with E-state index in [-0.39, 0.29) is 18.5 Å². The molecule has 6 N–H and O–H groups in total. The number of ether oxygens (including phenoxy) is 3. The lowest BCUT2D eigenvalue weighted by atomic mass is 9.99. The molecule has 7 unspecified atom stereocenters. The van der Waals surface area contributed by atoms with Crippen molar-refractivity contribution in [2.75, 3.05) is 19.8 Å². The van der Waals surface area contributed by atoms with Gasteiger partial charge in [-0.3, -0.25) is 9.59 Å². The maximum atomic E-state index is 13.0. The summed E-state index contributed by atoms with van der Waals surface area (Å²) in [5.74, 6) is -0.209. The molecule has 11 heteroatoms. The fourth-order valence-electron chi connectivity index (χ4n) is 9.39. The van der Waals surface area contributed by atoms with Crippen LogP contribution >= 0.6 is 0 Å². The minimum atomic E-state index is -1.58. The molecule has 1 amide bonds. The van der Waals surface area contributed by atoms with Crippen molar-refractivity contribution >= 4 is 11.9 Å². The van der Waals surface area contributed by atoms with Crippen LogP contribution in [0.2, 0.25) is 0 Å². The highest BCUT2D eigenvalue weighted by atomic mass is 16.7. The van der Waals surface area contributed by atoms with Crippen LogP contribution in [0.25, 0.3) is 0 Å². The van der Waals surface area contributed by atoms with Crippen molar-refractivity contribution in [1.82, 2.24) is 5.32 Å². The Bertz CT molecular complexity index is 1290. The molecule has 1 aliphatic rings. The lowest BCUT2D eigenvalue weighted by Gasteiger charge is -2.40. The van der Waals surface area contributed by atoms with Crippen LogP contribution in [-0.2, 0) is 23.8 Å². The second-order valence-corrected chi connectivity index (χ2v) is 21.0. The predicted molar refractivity (Wildman–Crippen MR) is 297 cm³/mol. The van der Waals surface area contributed by atoms with Crippen molar-refractivity contribution in [1.29, 1.82) is 0 Å². The number of rotatable bonds is 52. The first-order chi connectivity index (χ1) is 35.2. The Kier molecular flexibility index (Phi) is 48.1. The van der Waals surface area contributed by atoms with E-state index in [1.54, 1.807) is 6.08 Å². The summed E-state index contributed by atoms with van der Waals surface area (Å²) in [6.45, 7) is 4.27. The summed E-state index contributed by atoms with van der Waals surface area (Å²) >= 11 is 0. The van der Waals surface area contributed by atoms with Crippen LogP contribution in [0, 0.1) is 0 Å². The van der Waals surface area contributed by atoms with Crippen LogP contribution in [0.4, 0.5) is 0 Å². The Hall–Kier alpha value is -2.12. The number of nitrogens with one attached hydrogen (secondary N) is 1. The van der Waals surface area contributed by atoms with Crippen LogP contribution in [0.5, 0.6) is 0 Å². The Morgan fingerprint density at radius 3 is 1.40 bits per heavy atom. The number of hydrogen-bond acceptors (Lipinski definition) is 10. The van der Waals surface area contributed by atoms with E-state index in [2.05, 4.69) is 43.5 Å². The highest BCUT2D eigenvalue weighted by Crippen LogP contribution is 2.23. The van der Waals surface area contributed by atoms with Crippen molar-refractivity contribution in [2.24, 2.45) is 0 Å². The van der Waals surface area contributed by atoms with Gasteiger partial charge in [0.2, 0.25) is 5.91 Å². The minimum absolute atomic E-state index is 0.00570. The average Bonchev–Trinajstić information content (AvgIpc) is 3.38. The van der Waals surface area contributed by atoms with E-state index in [4.69, 9.17) is 14.2 Å². The second-order valence-electron chi connectivity index (χ2n) is 21.0. The third-order valence-corrected chi connectivity index (χ3v) is 14.2. The van der Waals surface area contributed by atoms with Gasteiger partial charge in [-0.25, -0.2) is 0 Å². The largest absolute Gasteiger partial charge is 0.466 e. The third-order valence-electron chi connectivity index (χ3n) is 14.2. The van der Waals surface area contributed by atoms with Crippen LogP contribution in [0.3, 0.4) is 0 Å². The molecule has 7 atom stereocenters. The van der Waals surface area contributed by atoms with Crippen LogP contribution < -0.4 is 5.32 Å². The highest BCUT2D eigenvalue weighted by molar-refractivity contribution is 5.76. The molecule has 0 aliphatic carbocycles. The summed E-state index contributed by atoms with van der Waals surface area (Å²) in [6, 6.07) is -0.832. The number of carbonyl (C=O) groups excluding carboxylic acids is 2. The van der Waals surface area contributed by atoms with Gasteiger partial charge in [0.25, 0.3) is 0 Å². The Morgan fingerprint density at radius 2 is 0.903 bits per heavy atom. The van der Waals surface area contributed by atoms with E-state index in [0.717, 1.165) is 77.0 Å². The molecule has 1 heterocycles. The van der Waals surface area contributed by atoms with Crippen LogP contribution in [0.15, 0.2) is 36.5 Å². The molecule has 0 saturated carbocycles. The molecule has 0 aromatic heterocycles. The van der Waals surface area contributed by atoms with Crippen LogP contribution in [-0.4, -0.2) is 100 Å². The van der Waals surface area contributed by atoms with E-state index < -0.39 is 49.5 Å². The van der Waals surface area contributed by atoms with Gasteiger partial charge in [0.1, 0.15) is 24.4 Å². The molecular formula is C61H113NO10. The zero-order valence-electron chi connectivity index (χ0n) is 46.4. The van der Waals surface area contributed by atoms with Crippen molar-refractivity contribution in [2.45, 2.75) is 320 Å². The Labute approximate surface area is 441 Å². The van der Waals surface area contributed by atoms with Crippen molar-refractivity contribution in [3.05, 3.63) is 36.5 Å². The molecule has 422 valence electrons. The molecular weight excluding hydrogens is 907 g/mol. The smallest absolute Gasteiger partial charge is 0.305 e. The van der Waals surface area contributed by atoms with E-state index >= 15 is 0 Å². The van der Waals surface area contributed by atoms with Crippen LogP contribution in [0.1, 0.15) is 277 Å². The summed E-state index contributed by atoms with van der Waals surface area (Å²) < 4.78 is 16.7. The SMILES string of the molecule is CCCCC/C=C/CC/C=C/C(O)C(COC1OC(CO)C(O)C(O)C1O)NC(=O)CCCCCCCCC/C=C\CCCCCCCCCCCOC(=O)CCCCCCCCCCCCCCCCC. The van der Waals surface area contributed by atoms with E-state index in [1.165, 1.54) is 173 Å². The normalized spacial score (nSPS) is 19.2. The number of aliphatic hydroxyl groups is 5. The summed E-state index contributed by atoms with van der Waals surface area (Å²) in [6.07, 6.45) is 52.6. The van der Waals surface area contributed by atoms with Gasteiger partial charge in [-0.2, -0.15) is 0 Å². The predicted octanol–water partition coefficient (Wildman–Crippen LogP) is 13.9. The second kappa shape index (κ2) is 51.0. The standard InChI is InChI=1S/C61H113NO10/c1-3-5-7-9-11-13-14-15-22-26-29-33-37-41-45-49-57(66)70-50-46-42-38-34-30-27-24-21-19-17-16-18-20-23-25-28-32-36-40-44-48-56(65)62-53(54(64)47-43-39-35-31-12-10-8-6-4-2)52-71-61-60(69)59(68)58(67)55(51-63)72-61/h12,16,18,31,43,47,53-55,58-61,63-64,67-69H,3-11,13-15,17,19-30,32-42,44-46,48-52H2,1-2H3,(H,62,65)/b18-16-,31-12+,47-43+. The Morgan fingerprint density at radius 1 is 0.500 bits per heavy atom. The summed E-state index contributed by atoms with van der Waals surface area (Å²) in [5, 5.41) is 54.1. The first-order valence-corrected chi connectivity index (χ1v) is 30.3. The maximum Gasteiger partial charge on any atom is 0.305 e. The number of allylic oxidation sites excluding steroid dienone is 5. The first-order valence-electron chi connectivity index (χ1n) is 30.3. The van der Waals surface area contributed by atoms with Gasteiger partial charge in [0.15, 0.2) is 6.29 Å². The molecule has 1 fully saturated rings. The molecule has 0 spiro atoms.